The monoisotopic (exact) mass is 295 g/mol. The summed E-state index contributed by atoms with van der Waals surface area (Å²) in [7, 11) is 0. The van der Waals surface area contributed by atoms with Crippen LogP contribution in [0.25, 0.3) is 5.69 Å². The van der Waals surface area contributed by atoms with E-state index in [2.05, 4.69) is 26.0 Å². The Hall–Kier alpha value is -2.02. The van der Waals surface area contributed by atoms with Gasteiger partial charge >= 0.3 is 11.5 Å². The molecule has 0 amide bonds. The van der Waals surface area contributed by atoms with Crippen LogP contribution in [0.2, 0.25) is 0 Å². The summed E-state index contributed by atoms with van der Waals surface area (Å²) in [6.07, 6.45) is 1.18. The van der Waals surface area contributed by atoms with Crippen LogP contribution in [-0.4, -0.2) is 25.8 Å². The molecule has 0 saturated heterocycles. The SMILES string of the molecule is O=C(O)c1nn(-c2ccccc2Br)cnc1=O. The van der Waals surface area contributed by atoms with E-state index < -0.39 is 17.2 Å². The summed E-state index contributed by atoms with van der Waals surface area (Å²) in [5.74, 6) is -1.40. The molecule has 0 unspecified atom stereocenters. The highest BCUT2D eigenvalue weighted by Crippen LogP contribution is 2.18. The summed E-state index contributed by atoms with van der Waals surface area (Å²) < 4.78 is 1.95. The van der Waals surface area contributed by atoms with Crippen LogP contribution in [0.3, 0.4) is 0 Å². The van der Waals surface area contributed by atoms with Gasteiger partial charge in [0.1, 0.15) is 6.33 Å². The third kappa shape index (κ3) is 2.23. The van der Waals surface area contributed by atoms with Crippen molar-refractivity contribution in [3.63, 3.8) is 0 Å². The fourth-order valence-electron chi connectivity index (χ4n) is 1.23. The first kappa shape index (κ1) is 11.5. The molecule has 0 radical (unpaired) electrons. The minimum Gasteiger partial charge on any atom is -0.476 e. The number of carbonyl (C=O) groups is 1. The zero-order valence-electron chi connectivity index (χ0n) is 8.37. The van der Waals surface area contributed by atoms with Gasteiger partial charge in [0.05, 0.1) is 5.69 Å². The number of hydrogen-bond acceptors (Lipinski definition) is 4. The van der Waals surface area contributed by atoms with E-state index in [-0.39, 0.29) is 0 Å². The quantitative estimate of drug-likeness (QED) is 0.896. The molecule has 0 spiro atoms. The average Bonchev–Trinajstić information content (AvgIpc) is 2.30. The highest BCUT2D eigenvalue weighted by atomic mass is 79.9. The normalized spacial score (nSPS) is 10.2. The molecule has 6 nitrogen and oxygen atoms in total. The van der Waals surface area contributed by atoms with Crippen molar-refractivity contribution < 1.29 is 9.90 Å². The Balaban J connectivity index is 2.62. The number of rotatable bonds is 2. The molecule has 86 valence electrons. The van der Waals surface area contributed by atoms with Crippen molar-refractivity contribution in [1.29, 1.82) is 0 Å². The van der Waals surface area contributed by atoms with Crippen LogP contribution in [-0.2, 0) is 0 Å². The molecule has 7 heteroatoms. The Bertz CT molecular complexity index is 639. The van der Waals surface area contributed by atoms with Gasteiger partial charge in [-0.2, -0.15) is 10.1 Å². The van der Waals surface area contributed by atoms with E-state index in [1.54, 1.807) is 18.2 Å². The molecular weight excluding hydrogens is 290 g/mol. The topological polar surface area (TPSA) is 85.1 Å². The van der Waals surface area contributed by atoms with Crippen molar-refractivity contribution >= 4 is 21.9 Å². The molecule has 0 aliphatic carbocycles. The second-order valence-electron chi connectivity index (χ2n) is 3.10. The van der Waals surface area contributed by atoms with Crippen LogP contribution in [0.5, 0.6) is 0 Å². The van der Waals surface area contributed by atoms with E-state index in [1.807, 2.05) is 6.07 Å². The summed E-state index contributed by atoms with van der Waals surface area (Å²) in [6.45, 7) is 0. The lowest BCUT2D eigenvalue weighted by Crippen LogP contribution is -2.23. The molecule has 1 heterocycles. The fraction of sp³-hybridized carbons (Fsp3) is 0. The number of aromatic carboxylic acids is 1. The number of para-hydroxylation sites is 1. The van der Waals surface area contributed by atoms with E-state index in [9.17, 15) is 9.59 Å². The molecular formula is C10H6BrN3O3. The number of nitrogens with zero attached hydrogens (tertiary/aromatic N) is 3. The van der Waals surface area contributed by atoms with Crippen molar-refractivity contribution in [2.75, 3.05) is 0 Å². The van der Waals surface area contributed by atoms with Gasteiger partial charge in [-0.3, -0.25) is 4.79 Å². The summed E-state index contributed by atoms with van der Waals surface area (Å²) in [5, 5.41) is 12.5. The zero-order valence-corrected chi connectivity index (χ0v) is 9.96. The van der Waals surface area contributed by atoms with Crippen LogP contribution in [0, 0.1) is 0 Å². The number of aromatic nitrogens is 3. The van der Waals surface area contributed by atoms with Gasteiger partial charge in [0, 0.05) is 4.47 Å². The third-order valence-electron chi connectivity index (χ3n) is 2.00. The van der Waals surface area contributed by atoms with Crippen molar-refractivity contribution in [1.82, 2.24) is 14.8 Å². The Morgan fingerprint density at radius 2 is 2.06 bits per heavy atom. The number of hydrogen-bond donors (Lipinski definition) is 1. The lowest BCUT2D eigenvalue weighted by atomic mass is 10.3. The highest BCUT2D eigenvalue weighted by Gasteiger charge is 2.13. The highest BCUT2D eigenvalue weighted by molar-refractivity contribution is 9.10. The maximum Gasteiger partial charge on any atom is 0.362 e. The van der Waals surface area contributed by atoms with Crippen LogP contribution >= 0.6 is 15.9 Å². The molecule has 0 fully saturated rings. The lowest BCUT2D eigenvalue weighted by Gasteiger charge is -2.06. The molecule has 0 aliphatic rings. The number of halogens is 1. The predicted octanol–water partition coefficient (Wildman–Crippen LogP) is 1.09. The maximum atomic E-state index is 11.1. The first-order chi connectivity index (χ1) is 8.09. The summed E-state index contributed by atoms with van der Waals surface area (Å²) in [5.41, 5.74) is -0.869. The summed E-state index contributed by atoms with van der Waals surface area (Å²) in [6, 6.07) is 7.06. The van der Waals surface area contributed by atoms with E-state index in [0.29, 0.717) is 10.2 Å². The summed E-state index contributed by atoms with van der Waals surface area (Å²) >= 11 is 3.30. The van der Waals surface area contributed by atoms with E-state index >= 15 is 0 Å². The minimum absolute atomic E-state index is 0.600. The van der Waals surface area contributed by atoms with E-state index in [1.165, 1.54) is 11.0 Å². The molecule has 1 aromatic heterocycles. The average molecular weight is 296 g/mol. The minimum atomic E-state index is -1.40. The number of benzene rings is 1. The lowest BCUT2D eigenvalue weighted by molar-refractivity contribution is 0.0686. The van der Waals surface area contributed by atoms with Gasteiger partial charge in [-0.05, 0) is 28.1 Å². The standard InChI is InChI=1S/C10H6BrN3O3/c11-6-3-1-2-4-7(6)14-5-12-9(15)8(13-14)10(16)17/h1-5H,(H,16,17). The smallest absolute Gasteiger partial charge is 0.362 e. The molecule has 2 rings (SSSR count). The molecule has 0 aliphatic heterocycles. The Labute approximate surface area is 104 Å². The summed E-state index contributed by atoms with van der Waals surface area (Å²) in [4.78, 5) is 25.4. The number of carboxylic acid groups (broad SMARTS) is 1. The van der Waals surface area contributed by atoms with Crippen molar-refractivity contribution in [2.45, 2.75) is 0 Å². The Kier molecular flexibility index (Phi) is 3.01. The first-order valence-electron chi connectivity index (χ1n) is 4.54. The fourth-order valence-corrected chi connectivity index (χ4v) is 1.70. The van der Waals surface area contributed by atoms with Crippen LogP contribution in [0.15, 0.2) is 39.9 Å². The van der Waals surface area contributed by atoms with Gasteiger partial charge in [-0.25, -0.2) is 9.48 Å². The van der Waals surface area contributed by atoms with Gasteiger partial charge in [0.2, 0.25) is 5.69 Å². The molecule has 0 bridgehead atoms. The van der Waals surface area contributed by atoms with Crippen molar-refractivity contribution in [3.8, 4) is 5.69 Å². The third-order valence-corrected chi connectivity index (χ3v) is 2.67. The number of carboxylic acids is 1. The van der Waals surface area contributed by atoms with Crippen molar-refractivity contribution in [2.24, 2.45) is 0 Å². The van der Waals surface area contributed by atoms with Crippen molar-refractivity contribution in [3.05, 3.63) is 51.1 Å². The van der Waals surface area contributed by atoms with E-state index in [4.69, 9.17) is 5.11 Å². The van der Waals surface area contributed by atoms with Gasteiger partial charge in [0.25, 0.3) is 0 Å². The molecule has 0 saturated carbocycles. The Morgan fingerprint density at radius 3 is 2.71 bits per heavy atom. The second-order valence-corrected chi connectivity index (χ2v) is 3.95. The largest absolute Gasteiger partial charge is 0.476 e. The van der Waals surface area contributed by atoms with E-state index in [0.717, 1.165) is 0 Å². The molecule has 0 atom stereocenters. The van der Waals surface area contributed by atoms with Gasteiger partial charge in [-0.1, -0.05) is 12.1 Å². The maximum absolute atomic E-state index is 11.1. The van der Waals surface area contributed by atoms with Gasteiger partial charge < -0.3 is 5.11 Å². The first-order valence-corrected chi connectivity index (χ1v) is 5.33. The molecule has 1 N–H and O–H groups in total. The van der Waals surface area contributed by atoms with Gasteiger partial charge in [0.15, 0.2) is 0 Å². The predicted molar refractivity (Wildman–Crippen MR) is 62.3 cm³/mol. The van der Waals surface area contributed by atoms with Crippen LogP contribution < -0.4 is 5.56 Å². The molecule has 1 aromatic carbocycles. The van der Waals surface area contributed by atoms with Gasteiger partial charge in [-0.15, -0.1) is 0 Å². The zero-order chi connectivity index (χ0) is 12.4. The second kappa shape index (κ2) is 4.46. The van der Waals surface area contributed by atoms with Crippen LogP contribution in [0.1, 0.15) is 10.5 Å². The molecule has 2 aromatic rings. The molecule has 17 heavy (non-hydrogen) atoms. The Morgan fingerprint density at radius 1 is 1.35 bits per heavy atom. The van der Waals surface area contributed by atoms with Crippen LogP contribution in [0.4, 0.5) is 0 Å².